The largest absolute Gasteiger partial charge is 0.355 e. The number of pyridine rings is 1. The van der Waals surface area contributed by atoms with Crippen LogP contribution in [0.2, 0.25) is 10.0 Å². The van der Waals surface area contributed by atoms with E-state index >= 15 is 0 Å². The van der Waals surface area contributed by atoms with Gasteiger partial charge in [0, 0.05) is 61.8 Å². The lowest BCUT2D eigenvalue weighted by Crippen LogP contribution is -2.48. The van der Waals surface area contributed by atoms with Crippen molar-refractivity contribution in [3.05, 3.63) is 70.1 Å². The fourth-order valence-corrected chi connectivity index (χ4v) is 3.71. The fourth-order valence-electron chi connectivity index (χ4n) is 3.21. The molecule has 0 saturated carbocycles. The monoisotopic (exact) mass is 416 g/mol. The smallest absolute Gasteiger partial charge is 0.276 e. The average molecular weight is 417 g/mol. The van der Waals surface area contributed by atoms with Crippen LogP contribution >= 0.6 is 23.2 Å². The van der Waals surface area contributed by atoms with Gasteiger partial charge in [0.05, 0.1) is 5.02 Å². The van der Waals surface area contributed by atoms with Crippen molar-refractivity contribution >= 4 is 29.1 Å². The third-order valence-electron chi connectivity index (χ3n) is 4.71. The molecular weight excluding hydrogens is 399 g/mol. The van der Waals surface area contributed by atoms with Crippen LogP contribution < -0.4 is 0 Å². The summed E-state index contributed by atoms with van der Waals surface area (Å²) in [5.41, 5.74) is 2.10. The first kappa shape index (κ1) is 18.9. The van der Waals surface area contributed by atoms with Crippen LogP contribution in [0, 0.1) is 0 Å². The van der Waals surface area contributed by atoms with E-state index in [1.165, 1.54) is 5.56 Å². The van der Waals surface area contributed by atoms with Crippen LogP contribution in [0.3, 0.4) is 0 Å². The van der Waals surface area contributed by atoms with E-state index in [4.69, 9.17) is 27.7 Å². The van der Waals surface area contributed by atoms with Crippen LogP contribution in [0.25, 0.3) is 11.3 Å². The van der Waals surface area contributed by atoms with Gasteiger partial charge in [-0.2, -0.15) is 0 Å². The van der Waals surface area contributed by atoms with Gasteiger partial charge in [-0.3, -0.25) is 14.7 Å². The van der Waals surface area contributed by atoms with E-state index in [9.17, 15) is 4.79 Å². The van der Waals surface area contributed by atoms with Crippen molar-refractivity contribution in [2.24, 2.45) is 0 Å². The molecule has 1 aliphatic heterocycles. The van der Waals surface area contributed by atoms with Crippen molar-refractivity contribution < 1.29 is 9.32 Å². The Bertz CT molecular complexity index is 969. The molecular formula is C20H18Cl2N4O2. The van der Waals surface area contributed by atoms with Gasteiger partial charge in [0.1, 0.15) is 0 Å². The molecule has 0 radical (unpaired) electrons. The topological polar surface area (TPSA) is 62.5 Å². The molecule has 1 amide bonds. The van der Waals surface area contributed by atoms with Gasteiger partial charge in [-0.15, -0.1) is 0 Å². The summed E-state index contributed by atoms with van der Waals surface area (Å²) in [6.07, 6.45) is 3.64. The summed E-state index contributed by atoms with van der Waals surface area (Å²) < 4.78 is 5.34. The zero-order valence-corrected chi connectivity index (χ0v) is 16.5. The lowest BCUT2D eigenvalue weighted by atomic mass is 10.1. The molecule has 1 saturated heterocycles. The van der Waals surface area contributed by atoms with Crippen LogP contribution in [0.15, 0.2) is 53.3 Å². The minimum atomic E-state index is -0.138. The second kappa shape index (κ2) is 8.31. The van der Waals surface area contributed by atoms with Gasteiger partial charge in [0.2, 0.25) is 0 Å². The summed E-state index contributed by atoms with van der Waals surface area (Å²) in [5, 5.41) is 4.92. The number of benzene rings is 1. The Kier molecular flexibility index (Phi) is 5.62. The molecule has 1 aromatic carbocycles. The number of carbonyl (C=O) groups is 1. The van der Waals surface area contributed by atoms with E-state index in [1.54, 1.807) is 35.4 Å². The first-order valence-electron chi connectivity index (χ1n) is 8.93. The van der Waals surface area contributed by atoms with Gasteiger partial charge in [0.15, 0.2) is 11.5 Å². The van der Waals surface area contributed by atoms with Crippen molar-refractivity contribution in [1.29, 1.82) is 0 Å². The van der Waals surface area contributed by atoms with Crippen LogP contribution in [0.5, 0.6) is 0 Å². The zero-order valence-electron chi connectivity index (χ0n) is 15.0. The van der Waals surface area contributed by atoms with Gasteiger partial charge in [-0.05, 0) is 29.8 Å². The molecule has 1 fully saturated rings. The molecule has 0 aliphatic carbocycles. The Balaban J connectivity index is 1.39. The highest BCUT2D eigenvalue weighted by atomic mass is 35.5. The molecule has 6 nitrogen and oxygen atoms in total. The SMILES string of the molecule is O=C(c1cc(-c2ccc(Cl)cc2Cl)on1)N1CCN(Cc2cccnc2)CC1. The minimum absolute atomic E-state index is 0.138. The molecule has 144 valence electrons. The summed E-state index contributed by atoms with van der Waals surface area (Å²) in [6.45, 7) is 3.72. The third kappa shape index (κ3) is 4.19. The number of hydrogen-bond donors (Lipinski definition) is 0. The molecule has 0 spiro atoms. The van der Waals surface area contributed by atoms with Crippen LogP contribution in [0.4, 0.5) is 0 Å². The number of halogens is 2. The number of hydrogen-bond acceptors (Lipinski definition) is 5. The summed E-state index contributed by atoms with van der Waals surface area (Å²) in [4.78, 5) is 21.0. The van der Waals surface area contributed by atoms with Gasteiger partial charge < -0.3 is 9.42 Å². The average Bonchev–Trinajstić information content (AvgIpc) is 3.19. The highest BCUT2D eigenvalue weighted by molar-refractivity contribution is 6.36. The molecule has 0 unspecified atom stereocenters. The van der Waals surface area contributed by atoms with Crippen LogP contribution in [0.1, 0.15) is 16.1 Å². The molecule has 0 bridgehead atoms. The molecule has 28 heavy (non-hydrogen) atoms. The van der Waals surface area contributed by atoms with Crippen molar-refractivity contribution in [3.8, 4) is 11.3 Å². The summed E-state index contributed by atoms with van der Waals surface area (Å²) in [7, 11) is 0. The van der Waals surface area contributed by atoms with E-state index in [0.29, 0.717) is 34.5 Å². The van der Waals surface area contributed by atoms with E-state index in [-0.39, 0.29) is 11.6 Å². The molecule has 0 atom stereocenters. The van der Waals surface area contributed by atoms with Gasteiger partial charge in [-0.25, -0.2) is 0 Å². The molecule has 1 aliphatic rings. The first-order valence-corrected chi connectivity index (χ1v) is 9.68. The molecule has 8 heteroatoms. The predicted octanol–water partition coefficient (Wildman–Crippen LogP) is 4.00. The summed E-state index contributed by atoms with van der Waals surface area (Å²) >= 11 is 12.1. The minimum Gasteiger partial charge on any atom is -0.355 e. The molecule has 2 aromatic heterocycles. The Morgan fingerprint density at radius 1 is 1.11 bits per heavy atom. The van der Waals surface area contributed by atoms with Crippen molar-refractivity contribution in [2.75, 3.05) is 26.2 Å². The first-order chi connectivity index (χ1) is 13.6. The standard InChI is InChI=1S/C20H18Cl2N4O2/c21-15-3-4-16(17(22)10-15)19-11-18(24-28-19)20(27)26-8-6-25(7-9-26)13-14-2-1-5-23-12-14/h1-5,10-12H,6-9,13H2. The normalized spacial score (nSPS) is 15.0. The van der Waals surface area contributed by atoms with Gasteiger partial charge in [-0.1, -0.05) is 34.4 Å². The lowest BCUT2D eigenvalue weighted by Gasteiger charge is -2.34. The Morgan fingerprint density at radius 3 is 2.64 bits per heavy atom. The second-order valence-electron chi connectivity index (χ2n) is 6.63. The Labute approximate surface area is 172 Å². The van der Waals surface area contributed by atoms with E-state index in [2.05, 4.69) is 21.1 Å². The second-order valence-corrected chi connectivity index (χ2v) is 7.47. The highest BCUT2D eigenvalue weighted by Gasteiger charge is 2.25. The maximum Gasteiger partial charge on any atom is 0.276 e. The third-order valence-corrected chi connectivity index (χ3v) is 5.26. The maximum absolute atomic E-state index is 12.8. The molecule has 0 N–H and O–H groups in total. The molecule has 4 rings (SSSR count). The van der Waals surface area contributed by atoms with Gasteiger partial charge in [0.25, 0.3) is 5.91 Å². The van der Waals surface area contributed by atoms with E-state index in [1.807, 2.05) is 12.3 Å². The number of rotatable bonds is 4. The maximum atomic E-state index is 12.8. The van der Waals surface area contributed by atoms with Crippen LogP contribution in [-0.2, 0) is 6.54 Å². The van der Waals surface area contributed by atoms with Crippen molar-refractivity contribution in [1.82, 2.24) is 19.9 Å². The Hall–Kier alpha value is -2.41. The lowest BCUT2D eigenvalue weighted by molar-refractivity contribution is 0.0618. The zero-order chi connectivity index (χ0) is 19.5. The van der Waals surface area contributed by atoms with Crippen LogP contribution in [-0.4, -0.2) is 52.0 Å². The highest BCUT2D eigenvalue weighted by Crippen LogP contribution is 2.31. The number of carbonyl (C=O) groups excluding carboxylic acids is 1. The van der Waals surface area contributed by atoms with Crippen molar-refractivity contribution in [2.45, 2.75) is 6.54 Å². The van der Waals surface area contributed by atoms with Gasteiger partial charge >= 0.3 is 0 Å². The number of piperazine rings is 1. The predicted molar refractivity (Wildman–Crippen MR) is 107 cm³/mol. The number of aromatic nitrogens is 2. The Morgan fingerprint density at radius 2 is 1.93 bits per heavy atom. The van der Waals surface area contributed by atoms with Crippen molar-refractivity contribution in [3.63, 3.8) is 0 Å². The van der Waals surface area contributed by atoms with E-state index in [0.717, 1.165) is 19.6 Å². The molecule has 3 aromatic rings. The number of amides is 1. The fraction of sp³-hybridized carbons (Fsp3) is 0.250. The summed E-state index contributed by atoms with van der Waals surface area (Å²) in [5.74, 6) is 0.307. The number of nitrogens with zero attached hydrogens (tertiary/aromatic N) is 4. The quantitative estimate of drug-likeness (QED) is 0.642. The van der Waals surface area contributed by atoms with E-state index < -0.39 is 0 Å². The summed E-state index contributed by atoms with van der Waals surface area (Å²) in [6, 6.07) is 10.7. The molecule has 3 heterocycles.